The Morgan fingerprint density at radius 2 is 2.16 bits per heavy atom. The lowest BCUT2D eigenvalue weighted by Crippen LogP contribution is -2.23. The normalized spacial score (nSPS) is 15.4. The summed E-state index contributed by atoms with van der Waals surface area (Å²) in [5.74, 6) is 1.43. The first kappa shape index (κ1) is 23.9. The zero-order valence-electron chi connectivity index (χ0n) is 20.3. The van der Waals surface area contributed by atoms with E-state index in [-0.39, 0.29) is 11.6 Å². The van der Waals surface area contributed by atoms with E-state index in [9.17, 15) is 9.90 Å². The molecule has 5 rings (SSSR count). The van der Waals surface area contributed by atoms with E-state index >= 15 is 0 Å². The zero-order chi connectivity index (χ0) is 26.1. The molecule has 186 valence electrons. The number of carbonyl (C=O) groups is 1. The molecular formula is C26H24N8O3. The fourth-order valence-electron chi connectivity index (χ4n) is 4.18. The van der Waals surface area contributed by atoms with Gasteiger partial charge in [0.1, 0.15) is 23.9 Å². The maximum Gasteiger partial charge on any atom is 0.304 e. The summed E-state index contributed by atoms with van der Waals surface area (Å²) < 4.78 is 7.68. The highest BCUT2D eigenvalue weighted by Gasteiger charge is 2.26. The Morgan fingerprint density at radius 3 is 2.89 bits per heavy atom. The average Bonchev–Trinajstić information content (AvgIpc) is 3.62. The molecule has 1 saturated heterocycles. The fourth-order valence-corrected chi connectivity index (χ4v) is 4.18. The summed E-state index contributed by atoms with van der Waals surface area (Å²) in [6.07, 6.45) is 5.21. The number of rotatable bonds is 6. The predicted molar refractivity (Wildman–Crippen MR) is 137 cm³/mol. The molecule has 4 aromatic rings. The number of aliphatic hydroxyl groups is 1. The highest BCUT2D eigenvalue weighted by molar-refractivity contribution is 5.95. The van der Waals surface area contributed by atoms with Gasteiger partial charge in [-0.1, -0.05) is 0 Å². The lowest BCUT2D eigenvalue weighted by molar-refractivity contribution is -0.117. The van der Waals surface area contributed by atoms with Crippen LogP contribution in [0.3, 0.4) is 0 Å². The summed E-state index contributed by atoms with van der Waals surface area (Å²) in [7, 11) is 0. The van der Waals surface area contributed by atoms with Gasteiger partial charge in [-0.2, -0.15) is 5.26 Å². The highest BCUT2D eigenvalue weighted by Crippen LogP contribution is 2.31. The summed E-state index contributed by atoms with van der Waals surface area (Å²) >= 11 is 0. The molecule has 11 heteroatoms. The molecule has 1 aliphatic rings. The van der Waals surface area contributed by atoms with Gasteiger partial charge in [0, 0.05) is 29.8 Å². The smallest absolute Gasteiger partial charge is 0.304 e. The van der Waals surface area contributed by atoms with E-state index in [4.69, 9.17) is 15.4 Å². The van der Waals surface area contributed by atoms with Crippen LogP contribution in [0, 0.1) is 11.3 Å². The minimum Gasteiger partial charge on any atom is -0.423 e. The average molecular weight is 497 g/mol. The van der Waals surface area contributed by atoms with Crippen LogP contribution in [0.4, 0.5) is 11.8 Å². The van der Waals surface area contributed by atoms with Crippen molar-refractivity contribution in [2.24, 2.45) is 10.7 Å². The predicted octanol–water partition coefficient (Wildman–Crippen LogP) is 3.71. The number of nitriles is 1. The van der Waals surface area contributed by atoms with Crippen molar-refractivity contribution in [1.29, 1.82) is 5.26 Å². The van der Waals surface area contributed by atoms with Crippen LogP contribution < -0.4 is 10.6 Å². The van der Waals surface area contributed by atoms with Crippen LogP contribution in [0.1, 0.15) is 38.4 Å². The maximum absolute atomic E-state index is 12.0. The van der Waals surface area contributed by atoms with Gasteiger partial charge in [-0.15, -0.1) is 0 Å². The monoisotopic (exact) mass is 496 g/mol. The maximum atomic E-state index is 12.0. The topological polar surface area (TPSA) is 159 Å². The summed E-state index contributed by atoms with van der Waals surface area (Å²) in [4.78, 5) is 31.5. The Balaban J connectivity index is 1.49. The van der Waals surface area contributed by atoms with Crippen molar-refractivity contribution >= 4 is 34.5 Å². The molecule has 0 bridgehead atoms. The van der Waals surface area contributed by atoms with E-state index in [1.54, 1.807) is 43.4 Å². The molecule has 0 radical (unpaired) electrons. The summed E-state index contributed by atoms with van der Waals surface area (Å²) in [6.45, 7) is 3.94. The van der Waals surface area contributed by atoms with Crippen molar-refractivity contribution in [2.75, 3.05) is 11.4 Å². The van der Waals surface area contributed by atoms with Crippen LogP contribution in [0.25, 0.3) is 28.2 Å². The number of hydrogen-bond donors (Lipinski definition) is 2. The minimum atomic E-state index is -0.796. The SMILES string of the molecule is CC(C=C(N)C#N)=Nc1nc(-n2cnc3cc(-c4cnc(N5CCCC5=O)o4)ccc32)ccc1C(C)O. The van der Waals surface area contributed by atoms with Gasteiger partial charge in [-0.25, -0.2) is 19.9 Å². The number of oxazole rings is 1. The summed E-state index contributed by atoms with van der Waals surface area (Å²) in [5.41, 5.74) is 8.93. The van der Waals surface area contributed by atoms with Crippen LogP contribution in [0.15, 0.2) is 64.0 Å². The molecule has 37 heavy (non-hydrogen) atoms. The lowest BCUT2D eigenvalue weighted by Gasteiger charge is -2.11. The Morgan fingerprint density at radius 1 is 1.32 bits per heavy atom. The van der Waals surface area contributed by atoms with E-state index in [2.05, 4.69) is 19.9 Å². The van der Waals surface area contributed by atoms with Crippen LogP contribution in [0.5, 0.6) is 0 Å². The number of aromatic nitrogens is 4. The molecule has 1 aromatic carbocycles. The number of allylic oxidation sites excluding steroid dienone is 2. The van der Waals surface area contributed by atoms with Crippen molar-refractivity contribution < 1.29 is 14.3 Å². The second-order valence-corrected chi connectivity index (χ2v) is 8.70. The van der Waals surface area contributed by atoms with Gasteiger partial charge in [0.2, 0.25) is 5.91 Å². The molecule has 1 fully saturated rings. The van der Waals surface area contributed by atoms with Crippen molar-refractivity contribution in [3.63, 3.8) is 0 Å². The number of aliphatic hydroxyl groups excluding tert-OH is 1. The third-order valence-electron chi connectivity index (χ3n) is 5.99. The van der Waals surface area contributed by atoms with Crippen molar-refractivity contribution in [2.45, 2.75) is 32.8 Å². The molecule has 0 aliphatic carbocycles. The molecule has 0 saturated carbocycles. The Hall–Kier alpha value is -4.82. The van der Waals surface area contributed by atoms with E-state index < -0.39 is 6.10 Å². The van der Waals surface area contributed by atoms with E-state index in [1.807, 2.05) is 28.8 Å². The lowest BCUT2D eigenvalue weighted by atomic mass is 10.1. The number of fused-ring (bicyclic) bond motifs is 1. The molecule has 3 N–H and O–H groups in total. The molecule has 3 aromatic heterocycles. The quantitative estimate of drug-likeness (QED) is 0.302. The number of nitrogens with two attached hydrogens (primary N) is 1. The first-order valence-corrected chi connectivity index (χ1v) is 11.7. The van der Waals surface area contributed by atoms with Gasteiger partial charge in [-0.3, -0.25) is 14.3 Å². The second-order valence-electron chi connectivity index (χ2n) is 8.70. The van der Waals surface area contributed by atoms with Crippen LogP contribution >= 0.6 is 0 Å². The van der Waals surface area contributed by atoms with Crippen LogP contribution in [0.2, 0.25) is 0 Å². The van der Waals surface area contributed by atoms with Crippen LogP contribution in [-0.2, 0) is 4.79 Å². The third kappa shape index (κ3) is 4.70. The molecule has 1 amide bonds. The van der Waals surface area contributed by atoms with Crippen molar-refractivity contribution in [3.8, 4) is 23.2 Å². The van der Waals surface area contributed by atoms with Gasteiger partial charge in [-0.05, 0) is 56.7 Å². The van der Waals surface area contributed by atoms with Gasteiger partial charge in [0.05, 0.1) is 23.3 Å². The van der Waals surface area contributed by atoms with Gasteiger partial charge < -0.3 is 15.3 Å². The van der Waals surface area contributed by atoms with Gasteiger partial charge in [0.25, 0.3) is 0 Å². The van der Waals surface area contributed by atoms with Gasteiger partial charge >= 0.3 is 6.01 Å². The Kier molecular flexibility index (Phi) is 6.25. The summed E-state index contributed by atoms with van der Waals surface area (Å²) in [5, 5.41) is 19.1. The first-order chi connectivity index (χ1) is 17.8. The molecule has 0 spiro atoms. The fraction of sp³-hybridized carbons (Fsp3) is 0.231. The molecule has 1 atom stereocenters. The van der Waals surface area contributed by atoms with Crippen molar-refractivity contribution in [3.05, 3.63) is 60.2 Å². The molecule has 1 aliphatic heterocycles. The van der Waals surface area contributed by atoms with E-state index in [0.29, 0.717) is 53.2 Å². The number of amides is 1. The van der Waals surface area contributed by atoms with Crippen LogP contribution in [-0.4, -0.2) is 42.8 Å². The van der Waals surface area contributed by atoms with Gasteiger partial charge in [0.15, 0.2) is 11.6 Å². The zero-order valence-corrected chi connectivity index (χ0v) is 20.3. The number of hydrogen-bond acceptors (Lipinski definition) is 9. The number of anilines is 1. The van der Waals surface area contributed by atoms with E-state index in [1.165, 1.54) is 6.08 Å². The number of aliphatic imine (C=N–C) groups is 1. The Bertz CT molecular complexity index is 1610. The largest absolute Gasteiger partial charge is 0.423 e. The third-order valence-corrected chi connectivity index (χ3v) is 5.99. The Labute approximate surface area is 212 Å². The second kappa shape index (κ2) is 9.67. The summed E-state index contributed by atoms with van der Waals surface area (Å²) in [6, 6.07) is 11.4. The number of carbonyl (C=O) groups excluding carboxylic acids is 1. The molecular weight excluding hydrogens is 472 g/mol. The minimum absolute atomic E-state index is 0.0140. The number of benzene rings is 1. The number of pyridine rings is 1. The van der Waals surface area contributed by atoms with E-state index in [0.717, 1.165) is 17.5 Å². The first-order valence-electron chi connectivity index (χ1n) is 11.7. The molecule has 4 heterocycles. The molecule has 1 unspecified atom stereocenters. The molecule has 11 nitrogen and oxygen atoms in total. The number of imidazole rings is 1. The standard InChI is InChI=1S/C26H24N8O3/c1-15(10-18(28)12-27)31-25-19(16(2)35)6-8-23(32-25)34-14-30-20-11-17(5-7-21(20)34)22-13-29-26(37-22)33-9-3-4-24(33)36/h5-8,10-11,13-14,16,35H,3-4,9,28H2,1-2H3. The number of nitrogens with zero attached hydrogens (tertiary/aromatic N) is 7. The van der Waals surface area contributed by atoms with Crippen molar-refractivity contribution in [1.82, 2.24) is 19.5 Å². The highest BCUT2D eigenvalue weighted by atomic mass is 16.4.